The predicted octanol–water partition coefficient (Wildman–Crippen LogP) is 4.10. The van der Waals surface area contributed by atoms with Gasteiger partial charge in [0.1, 0.15) is 6.10 Å². The number of esters is 1. The van der Waals surface area contributed by atoms with Crippen LogP contribution < -0.4 is 0 Å². The first-order valence-electron chi connectivity index (χ1n) is 7.69. The third kappa shape index (κ3) is 1.41. The van der Waals surface area contributed by atoms with E-state index in [0.717, 1.165) is 0 Å². The molecule has 2 nitrogen and oxygen atoms in total. The normalized spacial score (nSPS) is 43.3. The molecular formula is C17H26O2. The van der Waals surface area contributed by atoms with Gasteiger partial charge in [0.25, 0.3) is 0 Å². The van der Waals surface area contributed by atoms with Gasteiger partial charge in [0, 0.05) is 18.3 Å². The van der Waals surface area contributed by atoms with Crippen LogP contribution in [-0.4, -0.2) is 12.1 Å². The number of hydrogen-bond donors (Lipinski definition) is 0. The molecule has 0 heterocycles. The minimum absolute atomic E-state index is 0.0555. The van der Waals surface area contributed by atoms with Crippen LogP contribution in [0.3, 0.4) is 0 Å². The summed E-state index contributed by atoms with van der Waals surface area (Å²) in [5.74, 6) is 1.10. The summed E-state index contributed by atoms with van der Waals surface area (Å²) in [7, 11) is 0. The number of carbonyl (C=O) groups is 1. The summed E-state index contributed by atoms with van der Waals surface area (Å²) < 4.78 is 5.79. The molecule has 4 atom stereocenters. The first-order valence-corrected chi connectivity index (χ1v) is 7.69. The molecule has 3 aliphatic carbocycles. The molecule has 0 amide bonds. The minimum Gasteiger partial charge on any atom is -0.458 e. The molecule has 3 aliphatic rings. The molecule has 2 saturated carbocycles. The van der Waals surface area contributed by atoms with E-state index in [1.54, 1.807) is 6.92 Å². The fourth-order valence-corrected chi connectivity index (χ4v) is 5.77. The van der Waals surface area contributed by atoms with Crippen LogP contribution in [0.4, 0.5) is 0 Å². The summed E-state index contributed by atoms with van der Waals surface area (Å²) in [4.78, 5) is 11.5. The van der Waals surface area contributed by atoms with Crippen molar-refractivity contribution in [1.82, 2.24) is 0 Å². The first kappa shape index (κ1) is 13.2. The summed E-state index contributed by atoms with van der Waals surface area (Å²) >= 11 is 0. The van der Waals surface area contributed by atoms with Gasteiger partial charge >= 0.3 is 5.97 Å². The Kier molecular flexibility index (Phi) is 2.69. The summed E-state index contributed by atoms with van der Waals surface area (Å²) in [6.07, 6.45) is 4.98. The molecule has 106 valence electrons. The zero-order valence-electron chi connectivity index (χ0n) is 12.9. The molecule has 0 aromatic heterocycles. The Hall–Kier alpha value is -0.790. The predicted molar refractivity (Wildman–Crippen MR) is 75.6 cm³/mol. The first-order chi connectivity index (χ1) is 8.82. The van der Waals surface area contributed by atoms with Crippen LogP contribution in [0.15, 0.2) is 11.1 Å². The van der Waals surface area contributed by atoms with E-state index in [-0.39, 0.29) is 17.5 Å². The Balaban J connectivity index is 2.16. The molecule has 2 heteroatoms. The van der Waals surface area contributed by atoms with Crippen molar-refractivity contribution in [1.29, 1.82) is 0 Å². The van der Waals surface area contributed by atoms with E-state index >= 15 is 0 Å². The largest absolute Gasteiger partial charge is 0.458 e. The highest BCUT2D eigenvalue weighted by atomic mass is 16.5. The van der Waals surface area contributed by atoms with Crippen molar-refractivity contribution < 1.29 is 9.53 Å². The molecule has 2 fully saturated rings. The molecule has 0 saturated heterocycles. The van der Waals surface area contributed by atoms with Crippen molar-refractivity contribution in [2.24, 2.45) is 22.7 Å². The van der Waals surface area contributed by atoms with Crippen LogP contribution in [0, 0.1) is 22.7 Å². The molecule has 3 rings (SSSR count). The van der Waals surface area contributed by atoms with E-state index in [9.17, 15) is 4.79 Å². The van der Waals surface area contributed by atoms with Crippen LogP contribution >= 0.6 is 0 Å². The lowest BCUT2D eigenvalue weighted by Crippen LogP contribution is -2.45. The average Bonchev–Trinajstić information content (AvgIpc) is 2.67. The van der Waals surface area contributed by atoms with Gasteiger partial charge in [0.2, 0.25) is 0 Å². The van der Waals surface area contributed by atoms with Crippen molar-refractivity contribution in [3.8, 4) is 0 Å². The molecule has 0 aromatic carbocycles. The Morgan fingerprint density at radius 1 is 1.32 bits per heavy atom. The van der Waals surface area contributed by atoms with Gasteiger partial charge in [-0.1, -0.05) is 26.3 Å². The van der Waals surface area contributed by atoms with Crippen molar-refractivity contribution in [3.63, 3.8) is 0 Å². The number of ether oxygens (including phenoxy) is 1. The molecule has 2 bridgehead atoms. The number of hydrogen-bond acceptors (Lipinski definition) is 2. The smallest absolute Gasteiger partial charge is 0.303 e. The number of rotatable bonds is 1. The van der Waals surface area contributed by atoms with Gasteiger partial charge in [0.15, 0.2) is 0 Å². The standard InChI is InChI=1S/C17H26O2/c1-10-8-9-17-11(2)6-7-13(16(17,4)5)15(14(10)17)19-12(3)18/h11,13,15H,6-9H2,1-5H3/t11-,13-,15-,17+/m1/s1. The summed E-state index contributed by atoms with van der Waals surface area (Å²) in [6.45, 7) is 11.0. The van der Waals surface area contributed by atoms with Crippen molar-refractivity contribution >= 4 is 5.97 Å². The third-order valence-corrected chi connectivity index (χ3v) is 6.61. The fourth-order valence-electron chi connectivity index (χ4n) is 5.77. The van der Waals surface area contributed by atoms with Crippen molar-refractivity contribution in [3.05, 3.63) is 11.1 Å². The molecule has 0 unspecified atom stereocenters. The van der Waals surface area contributed by atoms with Crippen molar-refractivity contribution in [2.45, 2.75) is 66.4 Å². The van der Waals surface area contributed by atoms with E-state index in [4.69, 9.17) is 4.74 Å². The van der Waals surface area contributed by atoms with E-state index in [1.807, 2.05) is 0 Å². The number of allylic oxidation sites excluding steroid dienone is 1. The number of carbonyl (C=O) groups excluding carboxylic acids is 1. The molecule has 0 radical (unpaired) electrons. The Morgan fingerprint density at radius 2 is 2.00 bits per heavy atom. The highest BCUT2D eigenvalue weighted by molar-refractivity contribution is 5.67. The second kappa shape index (κ2) is 3.86. The van der Waals surface area contributed by atoms with Crippen molar-refractivity contribution in [2.75, 3.05) is 0 Å². The summed E-state index contributed by atoms with van der Waals surface area (Å²) in [6, 6.07) is 0. The Labute approximate surface area is 116 Å². The molecule has 0 aliphatic heterocycles. The Bertz CT molecular complexity index is 460. The highest BCUT2D eigenvalue weighted by Crippen LogP contribution is 2.73. The van der Waals surface area contributed by atoms with Gasteiger partial charge in [-0.15, -0.1) is 0 Å². The van der Waals surface area contributed by atoms with E-state index in [1.165, 1.54) is 36.8 Å². The van der Waals surface area contributed by atoms with E-state index < -0.39 is 0 Å². The van der Waals surface area contributed by atoms with E-state index in [2.05, 4.69) is 27.7 Å². The van der Waals surface area contributed by atoms with Crippen LogP contribution in [0.2, 0.25) is 0 Å². The zero-order valence-corrected chi connectivity index (χ0v) is 12.9. The number of fused-ring (bicyclic) bond motifs is 1. The van der Waals surface area contributed by atoms with Crippen LogP contribution in [-0.2, 0) is 9.53 Å². The van der Waals surface area contributed by atoms with Gasteiger partial charge in [-0.25, -0.2) is 0 Å². The zero-order chi connectivity index (χ0) is 14.0. The average molecular weight is 262 g/mol. The van der Waals surface area contributed by atoms with Gasteiger partial charge in [0.05, 0.1) is 0 Å². The Morgan fingerprint density at radius 3 is 2.63 bits per heavy atom. The van der Waals surface area contributed by atoms with Gasteiger partial charge in [-0.3, -0.25) is 4.79 Å². The lowest BCUT2D eigenvalue weighted by atomic mass is 9.53. The molecule has 0 N–H and O–H groups in total. The van der Waals surface area contributed by atoms with Gasteiger partial charge < -0.3 is 4.74 Å². The van der Waals surface area contributed by atoms with Gasteiger partial charge in [-0.05, 0) is 49.5 Å². The highest BCUT2D eigenvalue weighted by Gasteiger charge is 2.68. The van der Waals surface area contributed by atoms with Gasteiger partial charge in [-0.2, -0.15) is 0 Å². The van der Waals surface area contributed by atoms with Crippen LogP contribution in [0.5, 0.6) is 0 Å². The van der Waals surface area contributed by atoms with E-state index in [0.29, 0.717) is 17.3 Å². The fraction of sp³-hybridized carbons (Fsp3) is 0.824. The third-order valence-electron chi connectivity index (χ3n) is 6.61. The summed E-state index contributed by atoms with van der Waals surface area (Å²) in [5, 5.41) is 0. The summed E-state index contributed by atoms with van der Waals surface area (Å²) in [5.41, 5.74) is 3.55. The minimum atomic E-state index is -0.122. The molecule has 0 aromatic rings. The monoisotopic (exact) mass is 262 g/mol. The lowest BCUT2D eigenvalue weighted by molar-refractivity contribution is -0.147. The SMILES string of the molecule is CC(=O)O[C@H]1C2=C(C)CC[C@]23[C@H](C)CC[C@H]1C3(C)C. The molecule has 1 spiro atoms. The molecular weight excluding hydrogens is 236 g/mol. The topological polar surface area (TPSA) is 26.3 Å². The van der Waals surface area contributed by atoms with Crippen LogP contribution in [0.1, 0.15) is 60.3 Å². The maximum absolute atomic E-state index is 11.5. The maximum atomic E-state index is 11.5. The van der Waals surface area contributed by atoms with Crippen LogP contribution in [0.25, 0.3) is 0 Å². The maximum Gasteiger partial charge on any atom is 0.303 e. The quantitative estimate of drug-likeness (QED) is 0.525. The second-order valence-electron chi connectivity index (χ2n) is 7.50. The molecule has 19 heavy (non-hydrogen) atoms. The lowest BCUT2D eigenvalue weighted by Gasteiger charge is -2.51. The second-order valence-corrected chi connectivity index (χ2v) is 7.50.